The molecule has 92 valence electrons. The first-order valence-electron chi connectivity index (χ1n) is 6.40. The van der Waals surface area contributed by atoms with Gasteiger partial charge in [0, 0.05) is 6.04 Å². The van der Waals surface area contributed by atoms with Crippen molar-refractivity contribution in [2.75, 3.05) is 13.2 Å². The lowest BCUT2D eigenvalue weighted by molar-refractivity contribution is 0.118. The summed E-state index contributed by atoms with van der Waals surface area (Å²) < 4.78 is 5.24. The van der Waals surface area contributed by atoms with E-state index >= 15 is 0 Å². The Kier molecular flexibility index (Phi) is 3.14. The first-order chi connectivity index (χ1) is 8.33. The third kappa shape index (κ3) is 2.37. The van der Waals surface area contributed by atoms with Gasteiger partial charge in [-0.25, -0.2) is 0 Å². The first-order valence-corrected chi connectivity index (χ1v) is 6.40. The Morgan fingerprint density at radius 1 is 1.12 bits per heavy atom. The fourth-order valence-corrected chi connectivity index (χ4v) is 2.76. The second-order valence-electron chi connectivity index (χ2n) is 5.15. The summed E-state index contributed by atoms with van der Waals surface area (Å²) in [6.45, 7) is 1.13. The number of ether oxygens (including phenoxy) is 1. The minimum absolute atomic E-state index is 0.136. The standard InChI is InChI=1S/C14H19NO2/c16-14-9-17-8-13(14)15-12-6-11(7-12)10-4-2-1-3-5-10/h1-5,11-16H,6-9H2. The number of hydrogen-bond acceptors (Lipinski definition) is 3. The maximum Gasteiger partial charge on any atom is 0.0948 e. The van der Waals surface area contributed by atoms with E-state index < -0.39 is 0 Å². The van der Waals surface area contributed by atoms with Crippen molar-refractivity contribution in [1.29, 1.82) is 0 Å². The van der Waals surface area contributed by atoms with Gasteiger partial charge in [-0.2, -0.15) is 0 Å². The molecule has 2 aliphatic rings. The zero-order valence-corrected chi connectivity index (χ0v) is 9.88. The number of rotatable bonds is 3. The van der Waals surface area contributed by atoms with Crippen molar-refractivity contribution < 1.29 is 9.84 Å². The SMILES string of the molecule is OC1COCC1NC1CC(c2ccccc2)C1. The molecule has 3 nitrogen and oxygen atoms in total. The molecule has 1 aromatic rings. The molecule has 0 aromatic heterocycles. The topological polar surface area (TPSA) is 41.5 Å². The van der Waals surface area contributed by atoms with Crippen molar-refractivity contribution in [3.05, 3.63) is 35.9 Å². The lowest BCUT2D eigenvalue weighted by atomic mass is 9.75. The molecule has 1 aliphatic carbocycles. The van der Waals surface area contributed by atoms with E-state index in [1.54, 1.807) is 0 Å². The molecule has 2 N–H and O–H groups in total. The van der Waals surface area contributed by atoms with Crippen LogP contribution in [0.1, 0.15) is 24.3 Å². The zero-order chi connectivity index (χ0) is 11.7. The number of nitrogens with one attached hydrogen (secondary N) is 1. The van der Waals surface area contributed by atoms with Crippen molar-refractivity contribution in [3.63, 3.8) is 0 Å². The molecule has 1 heterocycles. The predicted octanol–water partition coefficient (Wildman–Crippen LogP) is 1.28. The van der Waals surface area contributed by atoms with Crippen LogP contribution in [0.4, 0.5) is 0 Å². The van der Waals surface area contributed by atoms with Gasteiger partial charge in [0.1, 0.15) is 0 Å². The highest BCUT2D eigenvalue weighted by Crippen LogP contribution is 2.37. The molecule has 2 fully saturated rings. The van der Waals surface area contributed by atoms with Crippen LogP contribution in [0.15, 0.2) is 30.3 Å². The van der Waals surface area contributed by atoms with Crippen molar-refractivity contribution in [2.24, 2.45) is 0 Å². The van der Waals surface area contributed by atoms with Gasteiger partial charge in [-0.3, -0.25) is 0 Å². The number of benzene rings is 1. The summed E-state index contributed by atoms with van der Waals surface area (Å²) >= 11 is 0. The number of hydrogen-bond donors (Lipinski definition) is 2. The molecular weight excluding hydrogens is 214 g/mol. The Hall–Kier alpha value is -0.900. The second kappa shape index (κ2) is 4.77. The van der Waals surface area contributed by atoms with E-state index in [0.29, 0.717) is 25.2 Å². The van der Waals surface area contributed by atoms with E-state index in [1.807, 2.05) is 0 Å². The van der Waals surface area contributed by atoms with Crippen LogP contribution in [0, 0.1) is 0 Å². The number of aliphatic hydroxyl groups is 1. The van der Waals surface area contributed by atoms with E-state index in [-0.39, 0.29) is 12.1 Å². The Labute approximate surface area is 102 Å². The highest BCUT2D eigenvalue weighted by Gasteiger charge is 2.35. The Morgan fingerprint density at radius 2 is 1.88 bits per heavy atom. The van der Waals surface area contributed by atoms with Gasteiger partial charge in [-0.15, -0.1) is 0 Å². The third-order valence-corrected chi connectivity index (χ3v) is 3.91. The van der Waals surface area contributed by atoms with Gasteiger partial charge in [0.2, 0.25) is 0 Å². The van der Waals surface area contributed by atoms with Crippen molar-refractivity contribution >= 4 is 0 Å². The molecule has 2 atom stereocenters. The van der Waals surface area contributed by atoms with Crippen LogP contribution in [0.2, 0.25) is 0 Å². The van der Waals surface area contributed by atoms with E-state index in [2.05, 4.69) is 35.6 Å². The molecule has 1 aliphatic heterocycles. The highest BCUT2D eigenvalue weighted by atomic mass is 16.5. The smallest absolute Gasteiger partial charge is 0.0948 e. The van der Waals surface area contributed by atoms with Gasteiger partial charge in [-0.05, 0) is 24.3 Å². The van der Waals surface area contributed by atoms with Crippen LogP contribution in [-0.2, 0) is 4.74 Å². The molecule has 1 saturated heterocycles. The summed E-state index contributed by atoms with van der Waals surface area (Å²) in [5.74, 6) is 0.688. The summed E-state index contributed by atoms with van der Waals surface area (Å²) in [6, 6.07) is 11.3. The summed E-state index contributed by atoms with van der Waals surface area (Å²) in [5, 5.41) is 13.1. The largest absolute Gasteiger partial charge is 0.389 e. The summed E-state index contributed by atoms with van der Waals surface area (Å²) in [4.78, 5) is 0. The average molecular weight is 233 g/mol. The van der Waals surface area contributed by atoms with E-state index in [1.165, 1.54) is 18.4 Å². The van der Waals surface area contributed by atoms with Crippen molar-refractivity contribution in [1.82, 2.24) is 5.32 Å². The van der Waals surface area contributed by atoms with E-state index in [9.17, 15) is 5.11 Å². The van der Waals surface area contributed by atoms with Crippen LogP contribution < -0.4 is 5.32 Å². The lowest BCUT2D eigenvalue weighted by Crippen LogP contribution is -2.49. The molecular formula is C14H19NO2. The maximum absolute atomic E-state index is 9.65. The van der Waals surface area contributed by atoms with Crippen molar-refractivity contribution in [3.8, 4) is 0 Å². The molecule has 17 heavy (non-hydrogen) atoms. The van der Waals surface area contributed by atoms with Crippen LogP contribution >= 0.6 is 0 Å². The molecule has 0 amide bonds. The maximum atomic E-state index is 9.65. The first kappa shape index (κ1) is 11.2. The third-order valence-electron chi connectivity index (χ3n) is 3.91. The van der Waals surface area contributed by atoms with Gasteiger partial charge in [0.05, 0.1) is 25.4 Å². The van der Waals surface area contributed by atoms with Gasteiger partial charge < -0.3 is 15.2 Å². The predicted molar refractivity (Wildman–Crippen MR) is 66.0 cm³/mol. The molecule has 1 aromatic carbocycles. The van der Waals surface area contributed by atoms with Gasteiger partial charge in [-0.1, -0.05) is 30.3 Å². The Morgan fingerprint density at radius 3 is 2.53 bits per heavy atom. The fraction of sp³-hybridized carbons (Fsp3) is 0.571. The molecule has 2 unspecified atom stereocenters. The minimum atomic E-state index is -0.328. The highest BCUT2D eigenvalue weighted by molar-refractivity contribution is 5.22. The number of aliphatic hydroxyl groups excluding tert-OH is 1. The van der Waals surface area contributed by atoms with Gasteiger partial charge in [0.15, 0.2) is 0 Å². The van der Waals surface area contributed by atoms with Crippen molar-refractivity contribution in [2.45, 2.75) is 36.9 Å². The molecule has 3 rings (SSSR count). The molecule has 1 saturated carbocycles. The van der Waals surface area contributed by atoms with E-state index in [4.69, 9.17) is 4.74 Å². The normalized spacial score (nSPS) is 36.8. The summed E-state index contributed by atoms with van der Waals surface area (Å²) in [7, 11) is 0. The van der Waals surface area contributed by atoms with Crippen LogP contribution in [0.5, 0.6) is 0 Å². The quantitative estimate of drug-likeness (QED) is 0.826. The molecule has 3 heteroatoms. The fourth-order valence-electron chi connectivity index (χ4n) is 2.76. The second-order valence-corrected chi connectivity index (χ2v) is 5.15. The van der Waals surface area contributed by atoms with Crippen LogP contribution in [0.3, 0.4) is 0 Å². The molecule has 0 radical (unpaired) electrons. The van der Waals surface area contributed by atoms with E-state index in [0.717, 1.165) is 0 Å². The summed E-state index contributed by atoms with van der Waals surface area (Å²) in [5.41, 5.74) is 1.44. The van der Waals surface area contributed by atoms with Crippen LogP contribution in [0.25, 0.3) is 0 Å². The molecule has 0 bridgehead atoms. The average Bonchev–Trinajstić information content (AvgIpc) is 2.70. The monoisotopic (exact) mass is 233 g/mol. The Balaban J connectivity index is 1.49. The zero-order valence-electron chi connectivity index (χ0n) is 9.88. The Bertz CT molecular complexity index is 362. The van der Waals surface area contributed by atoms with Gasteiger partial charge in [0.25, 0.3) is 0 Å². The minimum Gasteiger partial charge on any atom is -0.389 e. The summed E-state index contributed by atoms with van der Waals surface area (Å²) in [6.07, 6.45) is 2.02. The van der Waals surface area contributed by atoms with Crippen LogP contribution in [-0.4, -0.2) is 36.5 Å². The molecule has 0 spiro atoms. The lowest BCUT2D eigenvalue weighted by Gasteiger charge is -2.38. The van der Waals surface area contributed by atoms with Gasteiger partial charge >= 0.3 is 0 Å².